The second-order valence-electron chi connectivity index (χ2n) is 2.60. The Hall–Kier alpha value is -1.52. The first kappa shape index (κ1) is 11.5. The van der Waals surface area contributed by atoms with Gasteiger partial charge in [0.15, 0.2) is 0 Å². The largest absolute Gasteiger partial charge is 0.478 e. The van der Waals surface area contributed by atoms with Gasteiger partial charge in [-0.1, -0.05) is 6.92 Å². The van der Waals surface area contributed by atoms with Gasteiger partial charge in [-0.25, -0.2) is 9.59 Å². The maximum absolute atomic E-state index is 10.9. The second kappa shape index (κ2) is 6.05. The Kier molecular flexibility index (Phi) is 5.34. The van der Waals surface area contributed by atoms with Gasteiger partial charge < -0.3 is 15.7 Å². The molecule has 0 saturated heterocycles. The lowest BCUT2D eigenvalue weighted by molar-refractivity contribution is -0.131. The van der Waals surface area contributed by atoms with Crippen molar-refractivity contribution >= 4 is 12.0 Å². The summed E-state index contributed by atoms with van der Waals surface area (Å²) < 4.78 is 0. The molecule has 3 N–H and O–H groups in total. The summed E-state index contributed by atoms with van der Waals surface area (Å²) in [6.45, 7) is 3.80. The Balaban J connectivity index is 3.69. The third-order valence-electron chi connectivity index (χ3n) is 1.43. The smallest absolute Gasteiger partial charge is 0.329 e. The van der Waals surface area contributed by atoms with Gasteiger partial charge in [0, 0.05) is 18.3 Å². The average Bonchev–Trinajstić information content (AvgIpc) is 2.03. The summed E-state index contributed by atoms with van der Waals surface area (Å²) in [6, 6.07) is -0.315. The Labute approximate surface area is 76.8 Å². The zero-order chi connectivity index (χ0) is 10.3. The van der Waals surface area contributed by atoms with Crippen LogP contribution >= 0.6 is 0 Å². The number of hydrogen-bond acceptors (Lipinski definition) is 2. The Morgan fingerprint density at radius 3 is 2.62 bits per heavy atom. The van der Waals surface area contributed by atoms with Gasteiger partial charge in [-0.05, 0) is 13.3 Å². The Bertz CT molecular complexity index is 213. The molecule has 13 heavy (non-hydrogen) atoms. The van der Waals surface area contributed by atoms with Crippen molar-refractivity contribution in [2.75, 3.05) is 0 Å². The van der Waals surface area contributed by atoms with Crippen LogP contribution in [0.2, 0.25) is 0 Å². The van der Waals surface area contributed by atoms with Crippen LogP contribution in [0, 0.1) is 0 Å². The highest BCUT2D eigenvalue weighted by atomic mass is 16.4. The van der Waals surface area contributed by atoms with Crippen molar-refractivity contribution < 1.29 is 14.7 Å². The fourth-order valence-corrected chi connectivity index (χ4v) is 0.556. The number of nitrogens with one attached hydrogen (secondary N) is 2. The summed E-state index contributed by atoms with van der Waals surface area (Å²) in [5.41, 5.74) is 0. The number of rotatable bonds is 4. The van der Waals surface area contributed by atoms with Crippen LogP contribution in [-0.4, -0.2) is 23.1 Å². The molecule has 0 unspecified atom stereocenters. The monoisotopic (exact) mass is 186 g/mol. The first-order valence-corrected chi connectivity index (χ1v) is 4.02. The summed E-state index contributed by atoms with van der Waals surface area (Å²) >= 11 is 0. The molecule has 0 fully saturated rings. The minimum atomic E-state index is -1.09. The number of amides is 2. The molecule has 0 spiro atoms. The van der Waals surface area contributed by atoms with Crippen molar-refractivity contribution in [3.05, 3.63) is 12.3 Å². The van der Waals surface area contributed by atoms with Gasteiger partial charge in [-0.15, -0.1) is 0 Å². The maximum Gasteiger partial charge on any atom is 0.329 e. The molecule has 0 saturated carbocycles. The first-order chi connectivity index (χ1) is 6.06. The van der Waals surface area contributed by atoms with E-state index >= 15 is 0 Å². The quantitative estimate of drug-likeness (QED) is 0.565. The predicted molar refractivity (Wildman–Crippen MR) is 48.2 cm³/mol. The number of aliphatic carboxylic acids is 1. The fourth-order valence-electron chi connectivity index (χ4n) is 0.556. The highest BCUT2D eigenvalue weighted by molar-refractivity contribution is 5.81. The third-order valence-corrected chi connectivity index (χ3v) is 1.43. The minimum Gasteiger partial charge on any atom is -0.478 e. The summed E-state index contributed by atoms with van der Waals surface area (Å²) in [4.78, 5) is 20.9. The molecule has 5 heteroatoms. The highest BCUT2D eigenvalue weighted by Crippen LogP contribution is 1.86. The van der Waals surface area contributed by atoms with Crippen molar-refractivity contribution in [2.24, 2.45) is 0 Å². The van der Waals surface area contributed by atoms with E-state index in [9.17, 15) is 9.59 Å². The van der Waals surface area contributed by atoms with E-state index in [1.165, 1.54) is 0 Å². The van der Waals surface area contributed by atoms with Crippen molar-refractivity contribution in [2.45, 2.75) is 26.3 Å². The molecule has 0 heterocycles. The number of urea groups is 1. The van der Waals surface area contributed by atoms with Crippen molar-refractivity contribution in [1.29, 1.82) is 0 Å². The van der Waals surface area contributed by atoms with Crippen LogP contribution < -0.4 is 10.6 Å². The molecular weight excluding hydrogens is 172 g/mol. The molecule has 0 aliphatic heterocycles. The highest BCUT2D eigenvalue weighted by Gasteiger charge is 2.01. The van der Waals surface area contributed by atoms with Crippen molar-refractivity contribution in [3.8, 4) is 0 Å². The molecule has 1 atom stereocenters. The molecular formula is C8H14N2O3. The molecule has 74 valence electrons. The van der Waals surface area contributed by atoms with E-state index in [0.29, 0.717) is 0 Å². The van der Waals surface area contributed by atoms with Crippen molar-refractivity contribution in [1.82, 2.24) is 10.6 Å². The average molecular weight is 186 g/mol. The summed E-state index contributed by atoms with van der Waals surface area (Å²) in [6.07, 6.45) is 2.77. The van der Waals surface area contributed by atoms with Gasteiger partial charge in [0.05, 0.1) is 0 Å². The van der Waals surface area contributed by atoms with Gasteiger partial charge in [-0.3, -0.25) is 0 Å². The van der Waals surface area contributed by atoms with Gasteiger partial charge in [-0.2, -0.15) is 0 Å². The number of hydrogen-bond donors (Lipinski definition) is 3. The molecule has 0 aliphatic rings. The Morgan fingerprint density at radius 2 is 2.15 bits per heavy atom. The molecule has 0 aliphatic carbocycles. The van der Waals surface area contributed by atoms with E-state index in [1.807, 2.05) is 13.8 Å². The fraction of sp³-hybridized carbons (Fsp3) is 0.500. The third kappa shape index (κ3) is 6.86. The molecule has 0 aromatic carbocycles. The van der Waals surface area contributed by atoms with Crippen molar-refractivity contribution in [3.63, 3.8) is 0 Å². The van der Waals surface area contributed by atoms with Crippen LogP contribution in [0.4, 0.5) is 4.79 Å². The van der Waals surface area contributed by atoms with E-state index in [2.05, 4.69) is 10.6 Å². The number of carboxylic acids is 1. The van der Waals surface area contributed by atoms with Crippen LogP contribution in [0.5, 0.6) is 0 Å². The number of carboxylic acid groups (broad SMARTS) is 1. The minimum absolute atomic E-state index is 0.0817. The van der Waals surface area contributed by atoms with E-state index in [1.54, 1.807) is 0 Å². The van der Waals surface area contributed by atoms with Gasteiger partial charge in [0.1, 0.15) is 0 Å². The standard InChI is InChI=1S/C8H14N2O3/c1-3-6(2)10-8(13)9-5-4-7(11)12/h4-6H,3H2,1-2H3,(H,11,12)(H2,9,10,13)/b5-4+/t6-/m1/s1. The summed E-state index contributed by atoms with van der Waals surface area (Å²) in [5.74, 6) is -1.09. The molecule has 0 aromatic heterocycles. The lowest BCUT2D eigenvalue weighted by Crippen LogP contribution is -2.38. The van der Waals surface area contributed by atoms with Gasteiger partial charge in [0.25, 0.3) is 0 Å². The molecule has 0 radical (unpaired) electrons. The Morgan fingerprint density at radius 1 is 1.54 bits per heavy atom. The lowest BCUT2D eigenvalue weighted by atomic mass is 10.3. The first-order valence-electron chi connectivity index (χ1n) is 4.02. The van der Waals surface area contributed by atoms with Crippen LogP contribution in [0.15, 0.2) is 12.3 Å². The van der Waals surface area contributed by atoms with Gasteiger partial charge in [0.2, 0.25) is 0 Å². The number of carbonyl (C=O) groups excluding carboxylic acids is 1. The van der Waals surface area contributed by atoms with E-state index in [4.69, 9.17) is 5.11 Å². The van der Waals surface area contributed by atoms with Crippen LogP contribution in [0.25, 0.3) is 0 Å². The normalized spacial score (nSPS) is 12.5. The van der Waals surface area contributed by atoms with E-state index in [0.717, 1.165) is 18.7 Å². The lowest BCUT2D eigenvalue weighted by Gasteiger charge is -2.09. The topological polar surface area (TPSA) is 78.4 Å². The zero-order valence-electron chi connectivity index (χ0n) is 7.70. The number of carbonyl (C=O) groups is 2. The van der Waals surface area contributed by atoms with Crippen LogP contribution in [0.3, 0.4) is 0 Å². The molecule has 2 amide bonds. The molecule has 0 aromatic rings. The summed E-state index contributed by atoms with van der Waals surface area (Å²) in [7, 11) is 0. The maximum atomic E-state index is 10.9. The molecule has 5 nitrogen and oxygen atoms in total. The van der Waals surface area contributed by atoms with Crippen LogP contribution in [0.1, 0.15) is 20.3 Å². The van der Waals surface area contributed by atoms with E-state index in [-0.39, 0.29) is 6.04 Å². The second-order valence-corrected chi connectivity index (χ2v) is 2.60. The van der Waals surface area contributed by atoms with E-state index < -0.39 is 12.0 Å². The van der Waals surface area contributed by atoms with Gasteiger partial charge >= 0.3 is 12.0 Å². The zero-order valence-corrected chi connectivity index (χ0v) is 7.70. The van der Waals surface area contributed by atoms with Crippen LogP contribution in [-0.2, 0) is 4.79 Å². The molecule has 0 bridgehead atoms. The summed E-state index contributed by atoms with van der Waals surface area (Å²) in [5, 5.41) is 13.1. The molecule has 0 rings (SSSR count). The predicted octanol–water partition coefficient (Wildman–Crippen LogP) is 0.682. The SMILES string of the molecule is CC[C@@H](C)NC(=O)N/C=C/C(=O)O.